The molecule has 108 valence electrons. The van der Waals surface area contributed by atoms with Gasteiger partial charge < -0.3 is 0 Å². The number of carbonyl (C=O) groups is 1. The largest absolute Gasteiger partial charge is 0.283 e. The van der Waals surface area contributed by atoms with Crippen LogP contribution in [0.15, 0.2) is 24.4 Å². The molecule has 0 unspecified atom stereocenters. The molecule has 1 amide bonds. The Labute approximate surface area is 119 Å². The predicted octanol–water partition coefficient (Wildman–Crippen LogP) is 2.30. The quantitative estimate of drug-likeness (QED) is 0.860. The fraction of sp³-hybridized carbons (Fsp3) is 0.600. The van der Waals surface area contributed by atoms with Crippen molar-refractivity contribution in [3.05, 3.63) is 30.1 Å². The third-order valence-corrected chi connectivity index (χ3v) is 4.14. The number of rotatable bonds is 3. The Bertz CT molecular complexity index is 488. The molecule has 2 heterocycles. The van der Waals surface area contributed by atoms with Gasteiger partial charge in [-0.25, -0.2) is 5.01 Å². The van der Waals surface area contributed by atoms with E-state index in [-0.39, 0.29) is 5.91 Å². The number of carbonyl (C=O) groups excluding carboxylic acids is 1. The van der Waals surface area contributed by atoms with E-state index in [1.54, 1.807) is 6.20 Å². The zero-order chi connectivity index (χ0) is 13.8. The molecule has 3 rings (SSSR count). The molecule has 5 heteroatoms. The number of amides is 1. The van der Waals surface area contributed by atoms with Gasteiger partial charge in [-0.3, -0.25) is 14.9 Å². The smallest absolute Gasteiger partial charge is 0.283 e. The second kappa shape index (κ2) is 6.22. The molecule has 0 radical (unpaired) electrons. The molecule has 2 aliphatic rings. The molecule has 1 aliphatic heterocycles. The Balaban J connectivity index is 1.68. The molecule has 1 aromatic rings. The number of hydrazine groups is 1. The van der Waals surface area contributed by atoms with Crippen molar-refractivity contribution >= 4 is 5.91 Å². The van der Waals surface area contributed by atoms with Gasteiger partial charge in [-0.15, -0.1) is 0 Å². The van der Waals surface area contributed by atoms with Gasteiger partial charge in [0.15, 0.2) is 0 Å². The van der Waals surface area contributed by atoms with Crippen LogP contribution in [-0.2, 0) is 0 Å². The maximum Gasteiger partial charge on any atom is 0.283 e. The number of nitrogens with zero attached hydrogens (tertiary/aromatic N) is 3. The molecule has 1 fully saturated rings. The summed E-state index contributed by atoms with van der Waals surface area (Å²) in [6.45, 7) is 1.66. The van der Waals surface area contributed by atoms with Crippen LogP contribution in [0.4, 0.5) is 0 Å². The first-order valence-electron chi connectivity index (χ1n) is 7.59. The first-order valence-corrected chi connectivity index (χ1v) is 7.59. The summed E-state index contributed by atoms with van der Waals surface area (Å²) < 4.78 is 1.92. The second-order valence-electron chi connectivity index (χ2n) is 5.60. The minimum absolute atomic E-state index is 0.0385. The van der Waals surface area contributed by atoms with Crippen molar-refractivity contribution in [3.63, 3.8) is 0 Å². The van der Waals surface area contributed by atoms with Gasteiger partial charge in [0.25, 0.3) is 5.91 Å². The van der Waals surface area contributed by atoms with Crippen LogP contribution in [0, 0.1) is 0 Å². The lowest BCUT2D eigenvalue weighted by Crippen LogP contribution is -2.44. The number of nitrogens with one attached hydrogen (secondary N) is 1. The van der Waals surface area contributed by atoms with Gasteiger partial charge in [0.05, 0.1) is 6.04 Å². The Morgan fingerprint density at radius 3 is 2.85 bits per heavy atom. The summed E-state index contributed by atoms with van der Waals surface area (Å²) in [5, 5.41) is 6.34. The summed E-state index contributed by atoms with van der Waals surface area (Å²) >= 11 is 0. The Morgan fingerprint density at radius 2 is 2.10 bits per heavy atom. The highest BCUT2D eigenvalue weighted by Gasteiger charge is 2.22. The molecular formula is C15H22N4O. The highest BCUT2D eigenvalue weighted by molar-refractivity contribution is 5.92. The van der Waals surface area contributed by atoms with Crippen LogP contribution in [-0.4, -0.2) is 33.8 Å². The average molecular weight is 274 g/mol. The van der Waals surface area contributed by atoms with Crippen molar-refractivity contribution in [3.8, 4) is 0 Å². The summed E-state index contributed by atoms with van der Waals surface area (Å²) in [7, 11) is 0. The molecule has 0 aromatic carbocycles. The molecule has 0 atom stereocenters. The first kappa shape index (κ1) is 13.4. The van der Waals surface area contributed by atoms with Crippen LogP contribution in [0.3, 0.4) is 0 Å². The fourth-order valence-electron chi connectivity index (χ4n) is 3.05. The first-order chi connectivity index (χ1) is 9.84. The SMILES string of the molecule is O=C(NN1CC=CCC1)c1ccnn1C1CCCCC1. The molecule has 0 saturated heterocycles. The van der Waals surface area contributed by atoms with Crippen molar-refractivity contribution in [2.24, 2.45) is 0 Å². The van der Waals surface area contributed by atoms with E-state index in [2.05, 4.69) is 22.7 Å². The zero-order valence-electron chi connectivity index (χ0n) is 11.8. The minimum Gasteiger partial charge on any atom is -0.283 e. The zero-order valence-corrected chi connectivity index (χ0v) is 11.8. The maximum atomic E-state index is 12.4. The summed E-state index contributed by atoms with van der Waals surface area (Å²) in [4.78, 5) is 12.4. The molecule has 0 spiro atoms. The summed E-state index contributed by atoms with van der Waals surface area (Å²) in [5.41, 5.74) is 3.67. The summed E-state index contributed by atoms with van der Waals surface area (Å²) in [6.07, 6.45) is 13.0. The van der Waals surface area contributed by atoms with Crippen LogP contribution < -0.4 is 5.43 Å². The topological polar surface area (TPSA) is 50.2 Å². The third kappa shape index (κ3) is 2.93. The molecular weight excluding hydrogens is 252 g/mol. The van der Waals surface area contributed by atoms with Crippen molar-refractivity contribution in [2.75, 3.05) is 13.1 Å². The highest BCUT2D eigenvalue weighted by Crippen LogP contribution is 2.28. The van der Waals surface area contributed by atoms with E-state index in [4.69, 9.17) is 0 Å². The van der Waals surface area contributed by atoms with Gasteiger partial charge in [-0.2, -0.15) is 5.10 Å². The van der Waals surface area contributed by atoms with E-state index in [1.807, 2.05) is 15.8 Å². The van der Waals surface area contributed by atoms with Gasteiger partial charge in [0.2, 0.25) is 0 Å². The number of hydrogen-bond donors (Lipinski definition) is 1. The van der Waals surface area contributed by atoms with Gasteiger partial charge in [0, 0.05) is 19.3 Å². The maximum absolute atomic E-state index is 12.4. The summed E-state index contributed by atoms with van der Waals surface area (Å²) in [5.74, 6) is -0.0385. The van der Waals surface area contributed by atoms with E-state index < -0.39 is 0 Å². The standard InChI is InChI=1S/C15H22N4O/c20-15(17-18-11-5-2-6-12-18)14-9-10-16-19(14)13-7-3-1-4-8-13/h2,5,9-10,13H,1,3-4,6-8,11-12H2,(H,17,20). The van der Waals surface area contributed by atoms with Crippen LogP contribution in [0.2, 0.25) is 0 Å². The molecule has 1 aliphatic carbocycles. The van der Waals surface area contributed by atoms with Crippen molar-refractivity contribution in [2.45, 2.75) is 44.6 Å². The Morgan fingerprint density at radius 1 is 1.25 bits per heavy atom. The van der Waals surface area contributed by atoms with Crippen molar-refractivity contribution < 1.29 is 4.79 Å². The molecule has 20 heavy (non-hydrogen) atoms. The molecule has 1 saturated carbocycles. The lowest BCUT2D eigenvalue weighted by atomic mass is 9.95. The Hall–Kier alpha value is -1.62. The van der Waals surface area contributed by atoms with Gasteiger partial charge in [-0.05, 0) is 25.3 Å². The molecule has 5 nitrogen and oxygen atoms in total. The van der Waals surface area contributed by atoms with Crippen LogP contribution in [0.25, 0.3) is 0 Å². The van der Waals surface area contributed by atoms with Crippen LogP contribution >= 0.6 is 0 Å². The van der Waals surface area contributed by atoms with Crippen molar-refractivity contribution in [1.82, 2.24) is 20.2 Å². The van der Waals surface area contributed by atoms with E-state index in [0.29, 0.717) is 11.7 Å². The average Bonchev–Trinajstić information content (AvgIpc) is 2.99. The lowest BCUT2D eigenvalue weighted by Gasteiger charge is -2.26. The predicted molar refractivity (Wildman–Crippen MR) is 77.1 cm³/mol. The van der Waals surface area contributed by atoms with Gasteiger partial charge in [0.1, 0.15) is 5.69 Å². The van der Waals surface area contributed by atoms with Gasteiger partial charge >= 0.3 is 0 Å². The van der Waals surface area contributed by atoms with Crippen molar-refractivity contribution in [1.29, 1.82) is 0 Å². The molecule has 1 aromatic heterocycles. The Kier molecular flexibility index (Phi) is 4.16. The van der Waals surface area contributed by atoms with Crippen LogP contribution in [0.5, 0.6) is 0 Å². The lowest BCUT2D eigenvalue weighted by molar-refractivity contribution is 0.0788. The van der Waals surface area contributed by atoms with E-state index in [9.17, 15) is 4.79 Å². The second-order valence-corrected chi connectivity index (χ2v) is 5.60. The number of hydrogen-bond acceptors (Lipinski definition) is 3. The van der Waals surface area contributed by atoms with E-state index in [1.165, 1.54) is 19.3 Å². The fourth-order valence-corrected chi connectivity index (χ4v) is 3.05. The van der Waals surface area contributed by atoms with E-state index >= 15 is 0 Å². The highest BCUT2D eigenvalue weighted by atomic mass is 16.2. The van der Waals surface area contributed by atoms with Gasteiger partial charge in [-0.1, -0.05) is 31.4 Å². The summed E-state index contributed by atoms with van der Waals surface area (Å²) in [6, 6.07) is 2.21. The third-order valence-electron chi connectivity index (χ3n) is 4.14. The van der Waals surface area contributed by atoms with Crippen LogP contribution in [0.1, 0.15) is 55.1 Å². The normalized spacial score (nSPS) is 21.0. The molecule has 0 bridgehead atoms. The molecule has 1 N–H and O–H groups in total. The van der Waals surface area contributed by atoms with E-state index in [0.717, 1.165) is 32.4 Å². The minimum atomic E-state index is -0.0385. The number of aromatic nitrogens is 2. The monoisotopic (exact) mass is 274 g/mol.